The van der Waals surface area contributed by atoms with Gasteiger partial charge in [-0.05, 0) is 20.8 Å². The maximum Gasteiger partial charge on any atom is 0.156 e. The molecule has 0 radical (unpaired) electrons. The van der Waals surface area contributed by atoms with E-state index in [1.54, 1.807) is 0 Å². The van der Waals surface area contributed by atoms with Crippen LogP contribution in [0, 0.1) is 13.8 Å². The van der Waals surface area contributed by atoms with Gasteiger partial charge in [-0.15, -0.1) is 0 Å². The first-order chi connectivity index (χ1) is 7.06. The van der Waals surface area contributed by atoms with Crippen LogP contribution < -0.4 is 11.1 Å². The highest BCUT2D eigenvalue weighted by Gasteiger charge is 2.11. The van der Waals surface area contributed by atoms with Gasteiger partial charge in [0.15, 0.2) is 5.84 Å². The Balaban J connectivity index is 2.58. The number of oxime groups is 1. The fourth-order valence-electron chi connectivity index (χ4n) is 1.20. The summed E-state index contributed by atoms with van der Waals surface area (Å²) >= 11 is 0. The Hall–Kier alpha value is -1.56. The first kappa shape index (κ1) is 11.5. The van der Waals surface area contributed by atoms with Gasteiger partial charge in [-0.25, -0.2) is 0 Å². The van der Waals surface area contributed by atoms with E-state index in [2.05, 4.69) is 15.6 Å². The Morgan fingerprint density at radius 2 is 2.33 bits per heavy atom. The van der Waals surface area contributed by atoms with E-state index >= 15 is 0 Å². The minimum Gasteiger partial charge on any atom is -0.409 e. The minimum absolute atomic E-state index is 0.154. The van der Waals surface area contributed by atoms with Gasteiger partial charge in [0.2, 0.25) is 0 Å². The number of aromatic nitrogens is 1. The smallest absolute Gasteiger partial charge is 0.156 e. The van der Waals surface area contributed by atoms with Crippen LogP contribution in [0.5, 0.6) is 0 Å². The molecule has 15 heavy (non-hydrogen) atoms. The lowest BCUT2D eigenvalue weighted by Crippen LogP contribution is -2.38. The predicted octanol–water partition coefficient (Wildman–Crippen LogP) is 0.516. The van der Waals surface area contributed by atoms with E-state index in [0.717, 1.165) is 17.0 Å². The lowest BCUT2D eigenvalue weighted by Gasteiger charge is -2.11. The molecule has 0 fully saturated rings. The summed E-state index contributed by atoms with van der Waals surface area (Å²) in [5.74, 6) is 0.938. The molecule has 1 rings (SSSR count). The summed E-state index contributed by atoms with van der Waals surface area (Å²) < 4.78 is 5.01. The topological polar surface area (TPSA) is 96.7 Å². The fraction of sp³-hybridized carbons (Fsp3) is 0.556. The summed E-state index contributed by atoms with van der Waals surface area (Å²) in [6.45, 7) is 6.12. The summed E-state index contributed by atoms with van der Waals surface area (Å²) in [4.78, 5) is 0. The van der Waals surface area contributed by atoms with Crippen LogP contribution in [-0.2, 0) is 6.54 Å². The van der Waals surface area contributed by atoms with Crippen LogP contribution in [0.3, 0.4) is 0 Å². The number of rotatable bonds is 4. The number of hydrogen-bond acceptors (Lipinski definition) is 5. The zero-order valence-corrected chi connectivity index (χ0v) is 9.11. The lowest BCUT2D eigenvalue weighted by molar-refractivity contribution is 0.315. The van der Waals surface area contributed by atoms with Crippen molar-refractivity contribution in [2.45, 2.75) is 33.4 Å². The van der Waals surface area contributed by atoms with Crippen LogP contribution >= 0.6 is 0 Å². The van der Waals surface area contributed by atoms with Crippen LogP contribution in [0.2, 0.25) is 0 Å². The largest absolute Gasteiger partial charge is 0.409 e. The highest BCUT2D eigenvalue weighted by atomic mass is 16.5. The van der Waals surface area contributed by atoms with Crippen LogP contribution in [-0.4, -0.2) is 22.2 Å². The lowest BCUT2D eigenvalue weighted by atomic mass is 10.2. The van der Waals surface area contributed by atoms with Gasteiger partial charge >= 0.3 is 0 Å². The molecule has 0 aliphatic heterocycles. The molecular formula is C9H16N4O2. The normalized spacial score (nSPS) is 14.2. The van der Waals surface area contributed by atoms with Gasteiger partial charge < -0.3 is 20.8 Å². The minimum atomic E-state index is -0.191. The third kappa shape index (κ3) is 2.69. The molecule has 0 aromatic carbocycles. The Bertz CT molecular complexity index is 339. The zero-order chi connectivity index (χ0) is 11.4. The van der Waals surface area contributed by atoms with Crippen molar-refractivity contribution in [2.24, 2.45) is 10.9 Å². The third-order valence-electron chi connectivity index (χ3n) is 2.33. The third-order valence-corrected chi connectivity index (χ3v) is 2.33. The SMILES string of the molecule is Cc1noc(C)c1CNC(C)C(N)=NO. The molecule has 1 aromatic rings. The van der Waals surface area contributed by atoms with Crippen molar-refractivity contribution in [3.05, 3.63) is 17.0 Å². The first-order valence-electron chi connectivity index (χ1n) is 4.68. The second kappa shape index (κ2) is 4.79. The standard InChI is InChI=1S/C9H16N4O2/c1-5-8(7(3)15-13-5)4-11-6(2)9(10)12-14/h6,11,14H,4H2,1-3H3,(H2,10,12). The number of nitrogens with zero attached hydrogens (tertiary/aromatic N) is 2. The Morgan fingerprint density at radius 1 is 1.67 bits per heavy atom. The van der Waals surface area contributed by atoms with E-state index in [1.165, 1.54) is 0 Å². The van der Waals surface area contributed by atoms with Gasteiger partial charge in [0.05, 0.1) is 11.7 Å². The van der Waals surface area contributed by atoms with Gasteiger partial charge in [0, 0.05) is 12.1 Å². The molecule has 1 heterocycles. The van der Waals surface area contributed by atoms with Crippen LogP contribution in [0.25, 0.3) is 0 Å². The number of hydrogen-bond donors (Lipinski definition) is 3. The number of aryl methyl sites for hydroxylation is 2. The maximum atomic E-state index is 8.46. The molecule has 6 nitrogen and oxygen atoms in total. The van der Waals surface area contributed by atoms with Crippen molar-refractivity contribution in [1.29, 1.82) is 0 Å². The van der Waals surface area contributed by atoms with Crippen molar-refractivity contribution in [3.8, 4) is 0 Å². The maximum absolute atomic E-state index is 8.46. The molecule has 4 N–H and O–H groups in total. The molecule has 0 aliphatic rings. The summed E-state index contributed by atoms with van der Waals surface area (Å²) in [7, 11) is 0. The molecule has 0 amide bonds. The monoisotopic (exact) mass is 212 g/mol. The zero-order valence-electron chi connectivity index (χ0n) is 9.11. The average molecular weight is 212 g/mol. The first-order valence-corrected chi connectivity index (χ1v) is 4.68. The molecule has 84 valence electrons. The highest BCUT2D eigenvalue weighted by Crippen LogP contribution is 2.11. The number of amidine groups is 1. The Kier molecular flexibility index (Phi) is 3.68. The van der Waals surface area contributed by atoms with Crippen LogP contribution in [0.4, 0.5) is 0 Å². The predicted molar refractivity (Wildman–Crippen MR) is 55.7 cm³/mol. The summed E-state index contributed by atoms with van der Waals surface area (Å²) in [6, 6.07) is -0.191. The van der Waals surface area contributed by atoms with Crippen molar-refractivity contribution in [2.75, 3.05) is 0 Å². The van der Waals surface area contributed by atoms with Gasteiger partial charge in [-0.1, -0.05) is 10.3 Å². The fourth-order valence-corrected chi connectivity index (χ4v) is 1.20. The van der Waals surface area contributed by atoms with Crippen LogP contribution in [0.15, 0.2) is 9.68 Å². The molecule has 6 heteroatoms. The van der Waals surface area contributed by atoms with Crippen molar-refractivity contribution in [3.63, 3.8) is 0 Å². The second-order valence-corrected chi connectivity index (χ2v) is 3.43. The Labute approximate surface area is 88.1 Å². The number of nitrogens with one attached hydrogen (secondary N) is 1. The van der Waals surface area contributed by atoms with Crippen molar-refractivity contribution < 1.29 is 9.73 Å². The molecule has 0 spiro atoms. The molecule has 0 saturated carbocycles. The summed E-state index contributed by atoms with van der Waals surface area (Å²) in [5, 5.41) is 18.3. The van der Waals surface area contributed by atoms with Gasteiger partial charge in [-0.2, -0.15) is 0 Å². The molecule has 1 aromatic heterocycles. The molecule has 0 bridgehead atoms. The molecular weight excluding hydrogens is 196 g/mol. The average Bonchev–Trinajstić information content (AvgIpc) is 2.54. The molecule has 0 aliphatic carbocycles. The summed E-state index contributed by atoms with van der Waals surface area (Å²) in [5.41, 5.74) is 7.29. The van der Waals surface area contributed by atoms with Gasteiger partial charge in [0.1, 0.15) is 5.76 Å². The van der Waals surface area contributed by atoms with Gasteiger partial charge in [0.25, 0.3) is 0 Å². The number of nitrogens with two attached hydrogens (primary N) is 1. The van der Waals surface area contributed by atoms with E-state index in [9.17, 15) is 0 Å². The molecule has 0 saturated heterocycles. The van der Waals surface area contributed by atoms with E-state index in [-0.39, 0.29) is 11.9 Å². The van der Waals surface area contributed by atoms with Crippen molar-refractivity contribution in [1.82, 2.24) is 10.5 Å². The second-order valence-electron chi connectivity index (χ2n) is 3.43. The van der Waals surface area contributed by atoms with E-state index in [0.29, 0.717) is 6.54 Å². The quantitative estimate of drug-likeness (QED) is 0.292. The van der Waals surface area contributed by atoms with Gasteiger partial charge in [-0.3, -0.25) is 0 Å². The molecule has 1 unspecified atom stereocenters. The van der Waals surface area contributed by atoms with Crippen LogP contribution in [0.1, 0.15) is 23.9 Å². The van der Waals surface area contributed by atoms with E-state index < -0.39 is 0 Å². The van der Waals surface area contributed by atoms with E-state index in [1.807, 2.05) is 20.8 Å². The van der Waals surface area contributed by atoms with Crippen molar-refractivity contribution >= 4 is 5.84 Å². The highest BCUT2D eigenvalue weighted by molar-refractivity contribution is 5.84. The van der Waals surface area contributed by atoms with E-state index in [4.69, 9.17) is 15.5 Å². The molecule has 1 atom stereocenters. The Morgan fingerprint density at radius 3 is 2.80 bits per heavy atom. The summed E-state index contributed by atoms with van der Waals surface area (Å²) in [6.07, 6.45) is 0.